The lowest BCUT2D eigenvalue weighted by molar-refractivity contribution is -0.0449. The van der Waals surface area contributed by atoms with Gasteiger partial charge in [0.2, 0.25) is 0 Å². The van der Waals surface area contributed by atoms with Crippen molar-refractivity contribution < 1.29 is 9.59 Å². The van der Waals surface area contributed by atoms with Gasteiger partial charge in [-0.1, -0.05) is 12.1 Å². The van der Waals surface area contributed by atoms with E-state index in [0.717, 1.165) is 42.7 Å². The van der Waals surface area contributed by atoms with Crippen LogP contribution in [0.1, 0.15) is 59.5 Å². The molecule has 0 saturated heterocycles. The summed E-state index contributed by atoms with van der Waals surface area (Å²) in [5.41, 5.74) is 1.26. The fourth-order valence-corrected chi connectivity index (χ4v) is 7.67. The predicted octanol–water partition coefficient (Wildman–Crippen LogP) is 3.79. The van der Waals surface area contributed by atoms with Gasteiger partial charge in [-0.2, -0.15) is 5.10 Å². The summed E-state index contributed by atoms with van der Waals surface area (Å²) < 4.78 is 1.77. The van der Waals surface area contributed by atoms with Gasteiger partial charge in [0.1, 0.15) is 5.69 Å². The molecule has 2 N–H and O–H groups in total. The number of carbonyl (C=O) groups is 2. The summed E-state index contributed by atoms with van der Waals surface area (Å²) >= 11 is 1.64. The van der Waals surface area contributed by atoms with Crippen LogP contribution in [0.25, 0.3) is 10.6 Å². The van der Waals surface area contributed by atoms with Gasteiger partial charge in [-0.15, -0.1) is 11.3 Å². The molecule has 3 heterocycles. The van der Waals surface area contributed by atoms with Crippen molar-refractivity contribution in [2.45, 2.75) is 49.6 Å². The molecule has 7 nitrogen and oxygen atoms in total. The number of hydrogen-bond donors (Lipinski definition) is 2. The molecule has 4 aliphatic rings. The van der Waals surface area contributed by atoms with Gasteiger partial charge in [0.15, 0.2) is 5.69 Å². The number of amides is 2. The van der Waals surface area contributed by atoms with Crippen molar-refractivity contribution in [1.82, 2.24) is 25.4 Å². The SMILES string of the molecule is Cn1nc(C(=O)NC23CC4CC(CC(NC(=O)c5ccccn5)(C4)C2)C3)cc1-c1cccs1. The van der Waals surface area contributed by atoms with E-state index in [0.29, 0.717) is 23.2 Å². The third kappa shape index (κ3) is 3.66. The van der Waals surface area contributed by atoms with Crippen LogP contribution in [-0.4, -0.2) is 37.7 Å². The molecule has 3 aromatic rings. The highest BCUT2D eigenvalue weighted by molar-refractivity contribution is 7.13. The minimum absolute atomic E-state index is 0.121. The number of thiophene rings is 1. The van der Waals surface area contributed by atoms with Crippen LogP contribution in [0.2, 0.25) is 0 Å². The van der Waals surface area contributed by atoms with Crippen LogP contribution >= 0.6 is 11.3 Å². The Morgan fingerprint density at radius 3 is 2.30 bits per heavy atom. The number of aryl methyl sites for hydroxylation is 1. The van der Waals surface area contributed by atoms with Crippen molar-refractivity contribution in [2.24, 2.45) is 18.9 Å². The van der Waals surface area contributed by atoms with Crippen molar-refractivity contribution in [3.63, 3.8) is 0 Å². The Morgan fingerprint density at radius 1 is 1.00 bits per heavy atom. The average Bonchev–Trinajstić information content (AvgIpc) is 3.42. The van der Waals surface area contributed by atoms with E-state index < -0.39 is 0 Å². The fraction of sp³-hybridized carbons (Fsp3) is 0.440. The molecular formula is C25H27N5O2S. The molecule has 4 saturated carbocycles. The number of rotatable bonds is 5. The largest absolute Gasteiger partial charge is 0.345 e. The molecule has 4 fully saturated rings. The maximum atomic E-state index is 13.3. The van der Waals surface area contributed by atoms with Crippen molar-refractivity contribution in [3.05, 3.63) is 59.4 Å². The molecule has 0 radical (unpaired) electrons. The van der Waals surface area contributed by atoms with E-state index in [9.17, 15) is 9.59 Å². The Bertz CT molecular complexity index is 1190. The maximum Gasteiger partial charge on any atom is 0.272 e. The molecule has 0 aromatic carbocycles. The number of aromatic nitrogens is 3. The van der Waals surface area contributed by atoms with Crippen LogP contribution in [0, 0.1) is 11.8 Å². The molecule has 8 heteroatoms. The summed E-state index contributed by atoms with van der Waals surface area (Å²) in [6.07, 6.45) is 7.50. The summed E-state index contributed by atoms with van der Waals surface area (Å²) in [7, 11) is 1.87. The van der Waals surface area contributed by atoms with Gasteiger partial charge in [0, 0.05) is 24.3 Å². The van der Waals surface area contributed by atoms with Crippen molar-refractivity contribution >= 4 is 23.2 Å². The molecule has 0 spiro atoms. The summed E-state index contributed by atoms with van der Waals surface area (Å²) in [5.74, 6) is 0.785. The van der Waals surface area contributed by atoms with E-state index in [1.807, 2.05) is 42.8 Å². The smallest absolute Gasteiger partial charge is 0.272 e. The number of nitrogens with one attached hydrogen (secondary N) is 2. The third-order valence-electron chi connectivity index (χ3n) is 7.60. The molecule has 33 heavy (non-hydrogen) atoms. The second-order valence-corrected chi connectivity index (χ2v) is 11.1. The fourth-order valence-electron chi connectivity index (χ4n) is 6.89. The first kappa shape index (κ1) is 20.6. The Morgan fingerprint density at radius 2 is 1.70 bits per heavy atom. The number of hydrogen-bond acceptors (Lipinski definition) is 5. The van der Waals surface area contributed by atoms with Crippen LogP contribution in [0.3, 0.4) is 0 Å². The van der Waals surface area contributed by atoms with Crippen LogP contribution in [0.15, 0.2) is 48.0 Å². The molecule has 7 rings (SSSR count). The summed E-state index contributed by atoms with van der Waals surface area (Å²) in [6.45, 7) is 0. The van der Waals surface area contributed by atoms with E-state index in [-0.39, 0.29) is 22.9 Å². The zero-order chi connectivity index (χ0) is 22.6. The second kappa shape index (κ2) is 7.52. The maximum absolute atomic E-state index is 13.3. The lowest BCUT2D eigenvalue weighted by atomic mass is 9.49. The normalized spacial score (nSPS) is 29.7. The van der Waals surface area contributed by atoms with Crippen molar-refractivity contribution in [3.8, 4) is 10.6 Å². The minimum Gasteiger partial charge on any atom is -0.345 e. The minimum atomic E-state index is -0.292. The van der Waals surface area contributed by atoms with Crippen LogP contribution in [-0.2, 0) is 7.05 Å². The van der Waals surface area contributed by atoms with Gasteiger partial charge in [0.05, 0.1) is 10.6 Å². The molecule has 0 aliphatic heterocycles. The summed E-state index contributed by atoms with van der Waals surface area (Å²) in [5, 5.41) is 13.3. The van der Waals surface area contributed by atoms with E-state index in [1.165, 1.54) is 6.42 Å². The Kier molecular flexibility index (Phi) is 4.69. The van der Waals surface area contributed by atoms with Crippen molar-refractivity contribution in [2.75, 3.05) is 0 Å². The molecule has 2 amide bonds. The van der Waals surface area contributed by atoms with Crippen LogP contribution in [0.5, 0.6) is 0 Å². The molecule has 4 aliphatic carbocycles. The molecule has 2 atom stereocenters. The highest BCUT2D eigenvalue weighted by Gasteiger charge is 2.59. The number of carbonyl (C=O) groups excluding carboxylic acids is 2. The first-order chi connectivity index (χ1) is 15.9. The average molecular weight is 462 g/mol. The summed E-state index contributed by atoms with van der Waals surface area (Å²) in [6, 6.07) is 11.3. The zero-order valence-corrected chi connectivity index (χ0v) is 19.4. The van der Waals surface area contributed by atoms with Crippen LogP contribution < -0.4 is 10.6 Å². The second-order valence-electron chi connectivity index (χ2n) is 10.2. The standard InChI is InChI=1S/C25H27N5O2S/c1-30-20(21-6-4-8-33-21)10-19(29-30)23(32)28-25-13-16-9-17(14-25)12-24(11-16,15-25)27-22(31)18-5-2-3-7-26-18/h2-8,10,16-17H,9,11-15H2,1H3,(H,27,31)(H,28,32). The topological polar surface area (TPSA) is 88.9 Å². The highest BCUT2D eigenvalue weighted by atomic mass is 32.1. The Labute approximate surface area is 196 Å². The van der Waals surface area contributed by atoms with Gasteiger partial charge in [-0.05, 0) is 80.0 Å². The van der Waals surface area contributed by atoms with Gasteiger partial charge in [0.25, 0.3) is 11.8 Å². The molecular weight excluding hydrogens is 434 g/mol. The third-order valence-corrected chi connectivity index (χ3v) is 8.49. The van der Waals surface area contributed by atoms with Gasteiger partial charge >= 0.3 is 0 Å². The van der Waals surface area contributed by atoms with E-state index in [1.54, 1.807) is 28.3 Å². The van der Waals surface area contributed by atoms with E-state index in [2.05, 4.69) is 20.7 Å². The zero-order valence-electron chi connectivity index (χ0n) is 18.6. The van der Waals surface area contributed by atoms with E-state index >= 15 is 0 Å². The lowest BCUT2D eigenvalue weighted by Gasteiger charge is -2.62. The molecule has 170 valence electrons. The van der Waals surface area contributed by atoms with Gasteiger partial charge in [-0.25, -0.2) is 0 Å². The number of pyridine rings is 1. The first-order valence-electron chi connectivity index (χ1n) is 11.6. The van der Waals surface area contributed by atoms with Gasteiger partial charge in [-0.3, -0.25) is 19.3 Å². The first-order valence-corrected chi connectivity index (χ1v) is 12.4. The Balaban J connectivity index is 1.23. The molecule has 4 bridgehead atoms. The number of nitrogens with zero attached hydrogens (tertiary/aromatic N) is 3. The summed E-state index contributed by atoms with van der Waals surface area (Å²) in [4.78, 5) is 31.6. The predicted molar refractivity (Wildman–Crippen MR) is 126 cm³/mol. The monoisotopic (exact) mass is 461 g/mol. The Hall–Kier alpha value is -3.00. The van der Waals surface area contributed by atoms with Crippen LogP contribution in [0.4, 0.5) is 0 Å². The highest BCUT2D eigenvalue weighted by Crippen LogP contribution is 2.57. The quantitative estimate of drug-likeness (QED) is 0.605. The molecule has 2 unspecified atom stereocenters. The van der Waals surface area contributed by atoms with Crippen molar-refractivity contribution in [1.29, 1.82) is 0 Å². The molecule has 3 aromatic heterocycles. The van der Waals surface area contributed by atoms with E-state index in [4.69, 9.17) is 0 Å². The van der Waals surface area contributed by atoms with Gasteiger partial charge < -0.3 is 10.6 Å². The lowest BCUT2D eigenvalue weighted by Crippen LogP contribution is -2.69.